The SMILES string of the molecule is CC(C)Oc1cccc(C(=O)CCC2CCCC2)c1. The van der Waals surface area contributed by atoms with Crippen molar-refractivity contribution in [3.8, 4) is 5.75 Å². The minimum Gasteiger partial charge on any atom is -0.491 e. The Morgan fingerprint density at radius 1 is 1.32 bits per heavy atom. The highest BCUT2D eigenvalue weighted by Gasteiger charge is 2.17. The molecule has 1 aliphatic carbocycles. The first kappa shape index (κ1) is 14.1. The molecule has 1 aromatic rings. The van der Waals surface area contributed by atoms with E-state index in [1.54, 1.807) is 0 Å². The molecule has 19 heavy (non-hydrogen) atoms. The molecular weight excluding hydrogens is 236 g/mol. The Morgan fingerprint density at radius 2 is 2.05 bits per heavy atom. The van der Waals surface area contributed by atoms with Crippen molar-refractivity contribution in [2.45, 2.75) is 58.5 Å². The summed E-state index contributed by atoms with van der Waals surface area (Å²) in [6, 6.07) is 7.58. The Hall–Kier alpha value is -1.31. The van der Waals surface area contributed by atoms with Crippen molar-refractivity contribution in [2.75, 3.05) is 0 Å². The Labute approximate surface area is 116 Å². The second-order valence-electron chi connectivity index (χ2n) is 5.81. The van der Waals surface area contributed by atoms with Crippen LogP contribution in [0.2, 0.25) is 0 Å². The van der Waals surface area contributed by atoms with Gasteiger partial charge in [-0.25, -0.2) is 0 Å². The topological polar surface area (TPSA) is 26.3 Å². The molecular formula is C17H24O2. The fourth-order valence-electron chi connectivity index (χ4n) is 2.79. The molecule has 0 bridgehead atoms. The first-order valence-electron chi connectivity index (χ1n) is 7.45. The van der Waals surface area contributed by atoms with Crippen LogP contribution in [0.3, 0.4) is 0 Å². The number of ether oxygens (including phenoxy) is 1. The molecule has 0 aromatic heterocycles. The van der Waals surface area contributed by atoms with E-state index in [4.69, 9.17) is 4.74 Å². The summed E-state index contributed by atoms with van der Waals surface area (Å²) >= 11 is 0. The van der Waals surface area contributed by atoms with Crippen molar-refractivity contribution in [3.05, 3.63) is 29.8 Å². The molecule has 104 valence electrons. The third-order valence-electron chi connectivity index (χ3n) is 3.78. The van der Waals surface area contributed by atoms with Crippen molar-refractivity contribution in [3.63, 3.8) is 0 Å². The predicted molar refractivity (Wildman–Crippen MR) is 77.7 cm³/mol. The van der Waals surface area contributed by atoms with E-state index < -0.39 is 0 Å². The molecule has 0 radical (unpaired) electrons. The van der Waals surface area contributed by atoms with Crippen LogP contribution >= 0.6 is 0 Å². The zero-order valence-corrected chi connectivity index (χ0v) is 12.0. The maximum atomic E-state index is 12.2. The zero-order valence-electron chi connectivity index (χ0n) is 12.0. The van der Waals surface area contributed by atoms with Gasteiger partial charge < -0.3 is 4.74 Å². The Morgan fingerprint density at radius 3 is 2.74 bits per heavy atom. The number of Topliss-reactive ketones (excluding diaryl/α,β-unsaturated/α-hetero) is 1. The maximum absolute atomic E-state index is 12.2. The third kappa shape index (κ3) is 4.38. The molecule has 0 spiro atoms. The molecule has 0 saturated heterocycles. The summed E-state index contributed by atoms with van der Waals surface area (Å²) in [4.78, 5) is 12.2. The lowest BCUT2D eigenvalue weighted by Gasteiger charge is -2.11. The largest absolute Gasteiger partial charge is 0.491 e. The summed E-state index contributed by atoms with van der Waals surface area (Å²) in [6.45, 7) is 3.99. The molecule has 0 unspecified atom stereocenters. The molecule has 0 amide bonds. The number of ketones is 1. The number of carbonyl (C=O) groups excluding carboxylic acids is 1. The average Bonchev–Trinajstić information content (AvgIpc) is 2.88. The van der Waals surface area contributed by atoms with Gasteiger partial charge in [-0.1, -0.05) is 37.8 Å². The minimum absolute atomic E-state index is 0.142. The van der Waals surface area contributed by atoms with Gasteiger partial charge in [-0.2, -0.15) is 0 Å². The number of hydrogen-bond donors (Lipinski definition) is 0. The van der Waals surface area contributed by atoms with Gasteiger partial charge >= 0.3 is 0 Å². The lowest BCUT2D eigenvalue weighted by Crippen LogP contribution is -2.07. The summed E-state index contributed by atoms with van der Waals surface area (Å²) in [5.41, 5.74) is 0.788. The van der Waals surface area contributed by atoms with Gasteiger partial charge in [-0.3, -0.25) is 4.79 Å². The third-order valence-corrected chi connectivity index (χ3v) is 3.78. The van der Waals surface area contributed by atoms with Crippen LogP contribution in [0.1, 0.15) is 62.7 Å². The summed E-state index contributed by atoms with van der Waals surface area (Å²) in [6.07, 6.45) is 7.17. The van der Waals surface area contributed by atoms with E-state index in [2.05, 4.69) is 0 Å². The van der Waals surface area contributed by atoms with Crippen molar-refractivity contribution in [2.24, 2.45) is 5.92 Å². The van der Waals surface area contributed by atoms with Gasteiger partial charge in [0, 0.05) is 12.0 Å². The van der Waals surface area contributed by atoms with Crippen LogP contribution in [0.15, 0.2) is 24.3 Å². The molecule has 0 aliphatic heterocycles. The average molecular weight is 260 g/mol. The van der Waals surface area contributed by atoms with Crippen LogP contribution in [-0.4, -0.2) is 11.9 Å². The molecule has 0 N–H and O–H groups in total. The monoisotopic (exact) mass is 260 g/mol. The molecule has 1 aliphatic rings. The van der Waals surface area contributed by atoms with Gasteiger partial charge in [-0.15, -0.1) is 0 Å². The van der Waals surface area contributed by atoms with E-state index in [9.17, 15) is 4.79 Å². The number of benzene rings is 1. The van der Waals surface area contributed by atoms with Crippen LogP contribution in [0.25, 0.3) is 0 Å². The van der Waals surface area contributed by atoms with Crippen molar-refractivity contribution >= 4 is 5.78 Å². The van der Waals surface area contributed by atoms with Crippen molar-refractivity contribution < 1.29 is 9.53 Å². The molecule has 0 heterocycles. The molecule has 1 saturated carbocycles. The van der Waals surface area contributed by atoms with Gasteiger partial charge in [0.25, 0.3) is 0 Å². The van der Waals surface area contributed by atoms with Gasteiger partial charge in [0.2, 0.25) is 0 Å². The van der Waals surface area contributed by atoms with Gasteiger partial charge in [-0.05, 0) is 38.3 Å². The van der Waals surface area contributed by atoms with Crippen LogP contribution in [0.4, 0.5) is 0 Å². The van der Waals surface area contributed by atoms with Crippen LogP contribution < -0.4 is 4.74 Å². The first-order valence-corrected chi connectivity index (χ1v) is 7.45. The lowest BCUT2D eigenvalue weighted by molar-refractivity contribution is 0.0973. The van der Waals surface area contributed by atoms with Crippen molar-refractivity contribution in [1.29, 1.82) is 0 Å². The standard InChI is InChI=1S/C17H24O2/c1-13(2)19-16-9-5-8-15(12-16)17(18)11-10-14-6-3-4-7-14/h5,8-9,12-14H,3-4,6-7,10-11H2,1-2H3. The van der Waals surface area contributed by atoms with Gasteiger partial charge in [0.05, 0.1) is 6.10 Å². The second-order valence-corrected chi connectivity index (χ2v) is 5.81. The van der Waals surface area contributed by atoms with Crippen LogP contribution in [0, 0.1) is 5.92 Å². The normalized spacial score (nSPS) is 15.9. The van der Waals surface area contributed by atoms with E-state index in [0.717, 1.165) is 23.7 Å². The lowest BCUT2D eigenvalue weighted by atomic mass is 9.97. The Balaban J connectivity index is 1.90. The first-order chi connectivity index (χ1) is 9.15. The molecule has 0 atom stereocenters. The highest BCUT2D eigenvalue weighted by molar-refractivity contribution is 5.96. The number of carbonyl (C=O) groups is 1. The zero-order chi connectivity index (χ0) is 13.7. The number of hydrogen-bond acceptors (Lipinski definition) is 2. The van der Waals surface area contributed by atoms with E-state index in [-0.39, 0.29) is 11.9 Å². The summed E-state index contributed by atoms with van der Waals surface area (Å²) < 4.78 is 5.63. The summed E-state index contributed by atoms with van der Waals surface area (Å²) in [5.74, 6) is 1.82. The molecule has 2 nitrogen and oxygen atoms in total. The fourth-order valence-corrected chi connectivity index (χ4v) is 2.79. The smallest absolute Gasteiger partial charge is 0.163 e. The van der Waals surface area contributed by atoms with Gasteiger partial charge in [0.15, 0.2) is 5.78 Å². The second kappa shape index (κ2) is 6.74. The van der Waals surface area contributed by atoms with Gasteiger partial charge in [0.1, 0.15) is 5.75 Å². The molecule has 1 aromatic carbocycles. The highest BCUT2D eigenvalue weighted by Crippen LogP contribution is 2.29. The highest BCUT2D eigenvalue weighted by atomic mass is 16.5. The summed E-state index contributed by atoms with van der Waals surface area (Å²) in [7, 11) is 0. The molecule has 1 fully saturated rings. The predicted octanol–water partition coefficient (Wildman–Crippen LogP) is 4.63. The van der Waals surface area contributed by atoms with E-state index in [1.807, 2.05) is 38.1 Å². The Bertz CT molecular complexity index is 417. The van der Waals surface area contributed by atoms with Crippen LogP contribution in [-0.2, 0) is 0 Å². The molecule has 2 rings (SSSR count). The van der Waals surface area contributed by atoms with E-state index in [0.29, 0.717) is 6.42 Å². The fraction of sp³-hybridized carbons (Fsp3) is 0.588. The summed E-state index contributed by atoms with van der Waals surface area (Å²) in [5, 5.41) is 0. The Kier molecular flexibility index (Phi) is 5.00. The van der Waals surface area contributed by atoms with E-state index in [1.165, 1.54) is 25.7 Å². The van der Waals surface area contributed by atoms with E-state index >= 15 is 0 Å². The molecule has 2 heteroatoms. The van der Waals surface area contributed by atoms with Crippen LogP contribution in [0.5, 0.6) is 5.75 Å². The minimum atomic E-state index is 0.142. The quantitative estimate of drug-likeness (QED) is 0.697. The number of rotatable bonds is 6. The van der Waals surface area contributed by atoms with Crippen molar-refractivity contribution in [1.82, 2.24) is 0 Å². The maximum Gasteiger partial charge on any atom is 0.163 e.